The van der Waals surface area contributed by atoms with Crippen LogP contribution in [-0.2, 0) is 11.3 Å². The molecule has 0 aliphatic carbocycles. The molecule has 5 nitrogen and oxygen atoms in total. The van der Waals surface area contributed by atoms with E-state index in [9.17, 15) is 14.7 Å². The van der Waals surface area contributed by atoms with E-state index in [2.05, 4.69) is 5.32 Å². The number of amides is 1. The Bertz CT molecular complexity index is 884. The summed E-state index contributed by atoms with van der Waals surface area (Å²) in [6, 6.07) is 14.6. The summed E-state index contributed by atoms with van der Waals surface area (Å²) in [6.07, 6.45) is 0.0663. The molecule has 3 aromatic rings. The van der Waals surface area contributed by atoms with Crippen LogP contribution in [0.3, 0.4) is 0 Å². The number of hydrogen-bond acceptors (Lipinski definition) is 3. The molecular weight excluding hydrogens is 304 g/mol. The fourth-order valence-electron chi connectivity index (χ4n) is 2.87. The summed E-state index contributed by atoms with van der Waals surface area (Å²) in [5.41, 5.74) is 1.46. The van der Waals surface area contributed by atoms with Gasteiger partial charge < -0.3 is 15.0 Å². The molecule has 0 aliphatic rings. The quantitative estimate of drug-likeness (QED) is 0.706. The first-order valence-corrected chi connectivity index (χ1v) is 8.03. The van der Waals surface area contributed by atoms with Crippen molar-refractivity contribution in [1.29, 1.82) is 0 Å². The number of hydrogen-bond donors (Lipinski definition) is 2. The lowest BCUT2D eigenvalue weighted by Crippen LogP contribution is -2.30. The molecule has 0 saturated heterocycles. The monoisotopic (exact) mass is 324 g/mol. The van der Waals surface area contributed by atoms with E-state index in [1.165, 1.54) is 0 Å². The average Bonchev–Trinajstić information content (AvgIpc) is 2.58. The van der Waals surface area contributed by atoms with E-state index in [1.54, 1.807) is 19.1 Å². The number of rotatable bonds is 5. The van der Waals surface area contributed by atoms with Crippen molar-refractivity contribution in [2.24, 2.45) is 0 Å². The van der Waals surface area contributed by atoms with E-state index in [4.69, 9.17) is 0 Å². The van der Waals surface area contributed by atoms with Crippen molar-refractivity contribution in [3.63, 3.8) is 0 Å². The lowest BCUT2D eigenvalue weighted by Gasteiger charge is -2.15. The van der Waals surface area contributed by atoms with Crippen LogP contribution in [0.1, 0.15) is 13.3 Å². The third-order valence-electron chi connectivity index (χ3n) is 4.06. The zero-order valence-corrected chi connectivity index (χ0v) is 13.5. The van der Waals surface area contributed by atoms with Crippen molar-refractivity contribution in [2.45, 2.75) is 26.0 Å². The molecular formula is C19H20N2O3. The van der Waals surface area contributed by atoms with Crippen LogP contribution in [0.25, 0.3) is 21.8 Å². The van der Waals surface area contributed by atoms with Crippen molar-refractivity contribution in [3.8, 4) is 0 Å². The van der Waals surface area contributed by atoms with E-state index in [0.717, 1.165) is 11.0 Å². The molecule has 0 saturated carbocycles. The molecule has 2 N–H and O–H groups in total. The Kier molecular flexibility index (Phi) is 4.62. The number of carbonyl (C=O) groups excluding carboxylic acids is 1. The minimum Gasteiger partial charge on any atom is -0.393 e. The Morgan fingerprint density at radius 1 is 1.08 bits per heavy atom. The predicted octanol–water partition coefficient (Wildman–Crippen LogP) is 2.04. The number of aliphatic hydroxyl groups is 1. The number of para-hydroxylation sites is 2. The van der Waals surface area contributed by atoms with Gasteiger partial charge in [-0.2, -0.15) is 0 Å². The highest BCUT2D eigenvalue weighted by Crippen LogP contribution is 2.18. The molecule has 1 atom stereocenters. The molecule has 1 heterocycles. The lowest BCUT2D eigenvalue weighted by atomic mass is 10.1. The van der Waals surface area contributed by atoms with Crippen molar-refractivity contribution in [1.82, 2.24) is 9.88 Å². The summed E-state index contributed by atoms with van der Waals surface area (Å²) < 4.78 is 1.86. The molecule has 1 aromatic heterocycles. The molecule has 0 fully saturated rings. The fourth-order valence-corrected chi connectivity index (χ4v) is 2.87. The van der Waals surface area contributed by atoms with E-state index in [1.807, 2.05) is 41.0 Å². The number of aliphatic hydroxyl groups excluding tert-OH is 1. The average molecular weight is 324 g/mol. The summed E-state index contributed by atoms with van der Waals surface area (Å²) in [4.78, 5) is 24.9. The number of benzene rings is 2. The predicted molar refractivity (Wildman–Crippen MR) is 95.0 cm³/mol. The largest absolute Gasteiger partial charge is 0.393 e. The van der Waals surface area contributed by atoms with Crippen LogP contribution >= 0.6 is 0 Å². The van der Waals surface area contributed by atoms with Gasteiger partial charge >= 0.3 is 0 Å². The van der Waals surface area contributed by atoms with Gasteiger partial charge in [0.2, 0.25) is 5.91 Å². The summed E-state index contributed by atoms with van der Waals surface area (Å²) in [7, 11) is 0. The number of aromatic nitrogens is 1. The first-order chi connectivity index (χ1) is 11.6. The molecule has 1 amide bonds. The second kappa shape index (κ2) is 6.84. The number of fused-ring (bicyclic) bond motifs is 2. The van der Waals surface area contributed by atoms with Crippen molar-refractivity contribution < 1.29 is 9.90 Å². The third-order valence-corrected chi connectivity index (χ3v) is 4.06. The van der Waals surface area contributed by atoms with Crippen LogP contribution in [0.5, 0.6) is 0 Å². The molecule has 0 aliphatic heterocycles. The zero-order chi connectivity index (χ0) is 17.1. The molecule has 24 heavy (non-hydrogen) atoms. The molecule has 1 unspecified atom stereocenters. The summed E-state index contributed by atoms with van der Waals surface area (Å²) >= 11 is 0. The minimum absolute atomic E-state index is 0.0213. The number of nitrogens with zero attached hydrogens (tertiary/aromatic N) is 1. The summed E-state index contributed by atoms with van der Waals surface area (Å²) in [5, 5.41) is 13.3. The number of nitrogens with one attached hydrogen (secondary N) is 1. The standard InChI is InChI=1S/C19H20N2O3/c1-13(22)10-11-20-18(23)12-21-16-8-4-2-6-14(16)19(24)15-7-3-5-9-17(15)21/h2-9,13,22H,10-12H2,1H3,(H,20,23). The highest BCUT2D eigenvalue weighted by atomic mass is 16.3. The maximum atomic E-state index is 12.6. The highest BCUT2D eigenvalue weighted by molar-refractivity contribution is 5.94. The Labute approximate surface area is 139 Å². The summed E-state index contributed by atoms with van der Waals surface area (Å²) in [6.45, 7) is 2.24. The second-order valence-corrected chi connectivity index (χ2v) is 5.94. The van der Waals surface area contributed by atoms with Gasteiger partial charge in [-0.05, 0) is 37.6 Å². The Balaban J connectivity index is 2.03. The number of carbonyl (C=O) groups is 1. The van der Waals surface area contributed by atoms with Gasteiger partial charge in [0.15, 0.2) is 5.43 Å². The fraction of sp³-hybridized carbons (Fsp3) is 0.263. The number of pyridine rings is 1. The zero-order valence-electron chi connectivity index (χ0n) is 13.5. The molecule has 124 valence electrons. The van der Waals surface area contributed by atoms with Crippen LogP contribution in [0, 0.1) is 0 Å². The Morgan fingerprint density at radius 3 is 2.17 bits per heavy atom. The SMILES string of the molecule is CC(O)CCNC(=O)Cn1c2ccccc2c(=O)c2ccccc21. The minimum atomic E-state index is -0.445. The molecule has 2 aromatic carbocycles. The maximum Gasteiger partial charge on any atom is 0.239 e. The smallest absolute Gasteiger partial charge is 0.239 e. The van der Waals surface area contributed by atoms with E-state index >= 15 is 0 Å². The van der Waals surface area contributed by atoms with Gasteiger partial charge in [0.05, 0.1) is 17.1 Å². The van der Waals surface area contributed by atoms with Crippen LogP contribution < -0.4 is 10.7 Å². The Morgan fingerprint density at radius 2 is 1.62 bits per heavy atom. The first kappa shape index (κ1) is 16.2. The molecule has 0 radical (unpaired) electrons. The second-order valence-electron chi connectivity index (χ2n) is 5.94. The van der Waals surface area contributed by atoms with Gasteiger partial charge in [0.1, 0.15) is 6.54 Å². The van der Waals surface area contributed by atoms with Crippen LogP contribution in [0.2, 0.25) is 0 Å². The van der Waals surface area contributed by atoms with Crippen molar-refractivity contribution >= 4 is 27.7 Å². The van der Waals surface area contributed by atoms with Gasteiger partial charge in [-0.25, -0.2) is 0 Å². The molecule has 3 rings (SSSR count). The van der Waals surface area contributed by atoms with Gasteiger partial charge in [-0.3, -0.25) is 9.59 Å². The van der Waals surface area contributed by atoms with E-state index in [0.29, 0.717) is 23.7 Å². The molecule has 0 bridgehead atoms. The van der Waals surface area contributed by atoms with Gasteiger partial charge in [0.25, 0.3) is 0 Å². The Hall–Kier alpha value is -2.66. The van der Waals surface area contributed by atoms with E-state index < -0.39 is 6.10 Å². The molecule has 5 heteroatoms. The molecule has 0 spiro atoms. The van der Waals surface area contributed by atoms with E-state index in [-0.39, 0.29) is 17.9 Å². The normalized spacial score (nSPS) is 12.4. The lowest BCUT2D eigenvalue weighted by molar-refractivity contribution is -0.121. The van der Waals surface area contributed by atoms with Crippen LogP contribution in [0.4, 0.5) is 0 Å². The van der Waals surface area contributed by atoms with Crippen molar-refractivity contribution in [3.05, 3.63) is 58.8 Å². The van der Waals surface area contributed by atoms with Gasteiger partial charge in [0, 0.05) is 17.3 Å². The maximum absolute atomic E-state index is 12.6. The van der Waals surface area contributed by atoms with Crippen LogP contribution in [-0.4, -0.2) is 28.2 Å². The first-order valence-electron chi connectivity index (χ1n) is 8.03. The highest BCUT2D eigenvalue weighted by Gasteiger charge is 2.12. The summed E-state index contributed by atoms with van der Waals surface area (Å²) in [5.74, 6) is -0.144. The third kappa shape index (κ3) is 3.16. The van der Waals surface area contributed by atoms with Crippen molar-refractivity contribution in [2.75, 3.05) is 6.54 Å². The topological polar surface area (TPSA) is 71.3 Å². The van der Waals surface area contributed by atoms with Gasteiger partial charge in [-0.15, -0.1) is 0 Å². The van der Waals surface area contributed by atoms with Gasteiger partial charge in [-0.1, -0.05) is 24.3 Å². The van der Waals surface area contributed by atoms with Crippen LogP contribution in [0.15, 0.2) is 53.3 Å².